The average molecular weight is 342 g/mol. The van der Waals surface area contributed by atoms with Crippen LogP contribution in [0, 0.1) is 0 Å². The van der Waals surface area contributed by atoms with Crippen LogP contribution in [0.5, 0.6) is 0 Å². The molecule has 6 heteroatoms. The summed E-state index contributed by atoms with van der Waals surface area (Å²) < 4.78 is 5.41. The molecule has 2 atom stereocenters. The maximum Gasteiger partial charge on any atom is 0.238 e. The molecule has 0 aromatic heterocycles. The van der Waals surface area contributed by atoms with E-state index < -0.39 is 0 Å². The molecule has 3 N–H and O–H groups in total. The number of anilines is 1. The fraction of sp³-hybridized carbons (Fsp3) is 0.588. The van der Waals surface area contributed by atoms with Crippen molar-refractivity contribution in [3.8, 4) is 0 Å². The second kappa shape index (κ2) is 9.88. The minimum atomic E-state index is 0. The van der Waals surface area contributed by atoms with Crippen molar-refractivity contribution in [3.05, 3.63) is 29.8 Å². The molecule has 0 aliphatic carbocycles. The third-order valence-corrected chi connectivity index (χ3v) is 4.36. The van der Waals surface area contributed by atoms with E-state index >= 15 is 0 Å². The highest BCUT2D eigenvalue weighted by atomic mass is 35.5. The van der Waals surface area contributed by atoms with Gasteiger partial charge in [0, 0.05) is 31.9 Å². The van der Waals surface area contributed by atoms with E-state index in [1.807, 2.05) is 18.2 Å². The number of nitrogens with one attached hydrogen (secondary N) is 1. The Bertz CT molecular complexity index is 498. The van der Waals surface area contributed by atoms with Gasteiger partial charge >= 0.3 is 0 Å². The van der Waals surface area contributed by atoms with Crippen LogP contribution < -0.4 is 11.1 Å². The standard InChI is InChI=1S/C17H27N3O2.ClH/c1-3-13-5-4-6-14(9-13)19-17(21)12-20-8-7-16(22-2)10-15(20)11-18;/h4-6,9,15-16H,3,7-8,10-12,18H2,1-2H3,(H,19,21);1H. The average Bonchev–Trinajstić information content (AvgIpc) is 2.55. The number of hydrogen-bond donors (Lipinski definition) is 2. The largest absolute Gasteiger partial charge is 0.381 e. The van der Waals surface area contributed by atoms with Crippen molar-refractivity contribution in [3.63, 3.8) is 0 Å². The van der Waals surface area contributed by atoms with Crippen molar-refractivity contribution in [2.75, 3.05) is 32.1 Å². The van der Waals surface area contributed by atoms with E-state index in [2.05, 4.69) is 23.2 Å². The van der Waals surface area contributed by atoms with Gasteiger partial charge in [-0.1, -0.05) is 19.1 Å². The molecule has 1 aliphatic rings. The summed E-state index contributed by atoms with van der Waals surface area (Å²) in [5.74, 6) is 0.0163. The van der Waals surface area contributed by atoms with Crippen molar-refractivity contribution in [1.29, 1.82) is 0 Å². The van der Waals surface area contributed by atoms with Gasteiger partial charge in [-0.05, 0) is 37.0 Å². The minimum Gasteiger partial charge on any atom is -0.381 e. The van der Waals surface area contributed by atoms with Crippen molar-refractivity contribution >= 4 is 24.0 Å². The lowest BCUT2D eigenvalue weighted by Crippen LogP contribution is -2.50. The molecule has 130 valence electrons. The fourth-order valence-electron chi connectivity index (χ4n) is 2.98. The zero-order chi connectivity index (χ0) is 15.9. The monoisotopic (exact) mass is 341 g/mol. The van der Waals surface area contributed by atoms with Gasteiger partial charge in [0.15, 0.2) is 0 Å². The molecular formula is C17H28ClN3O2. The molecule has 1 aliphatic heterocycles. The van der Waals surface area contributed by atoms with Crippen LogP contribution in [0.2, 0.25) is 0 Å². The highest BCUT2D eigenvalue weighted by Gasteiger charge is 2.28. The van der Waals surface area contributed by atoms with Crippen LogP contribution in [0.25, 0.3) is 0 Å². The Morgan fingerprint density at radius 1 is 1.48 bits per heavy atom. The van der Waals surface area contributed by atoms with Gasteiger partial charge in [0.2, 0.25) is 5.91 Å². The number of ether oxygens (including phenoxy) is 1. The van der Waals surface area contributed by atoms with Crippen LogP contribution in [0.15, 0.2) is 24.3 Å². The van der Waals surface area contributed by atoms with E-state index in [0.29, 0.717) is 13.1 Å². The van der Waals surface area contributed by atoms with Crippen LogP contribution >= 0.6 is 12.4 Å². The number of nitrogens with zero attached hydrogens (tertiary/aromatic N) is 1. The molecule has 1 fully saturated rings. The Morgan fingerprint density at radius 3 is 2.91 bits per heavy atom. The number of hydrogen-bond acceptors (Lipinski definition) is 4. The van der Waals surface area contributed by atoms with E-state index in [1.54, 1.807) is 7.11 Å². The smallest absolute Gasteiger partial charge is 0.238 e. The number of likely N-dealkylation sites (tertiary alicyclic amines) is 1. The topological polar surface area (TPSA) is 67.6 Å². The maximum absolute atomic E-state index is 12.3. The maximum atomic E-state index is 12.3. The Hall–Kier alpha value is -1.14. The first kappa shape index (κ1) is 19.9. The second-order valence-corrected chi connectivity index (χ2v) is 5.84. The van der Waals surface area contributed by atoms with Gasteiger partial charge in [-0.25, -0.2) is 0 Å². The fourth-order valence-corrected chi connectivity index (χ4v) is 2.98. The van der Waals surface area contributed by atoms with Gasteiger partial charge in [0.05, 0.1) is 12.6 Å². The number of piperidine rings is 1. The van der Waals surface area contributed by atoms with Crippen molar-refractivity contribution < 1.29 is 9.53 Å². The molecular weight excluding hydrogens is 314 g/mol. The van der Waals surface area contributed by atoms with Gasteiger partial charge < -0.3 is 15.8 Å². The summed E-state index contributed by atoms with van der Waals surface area (Å²) in [6.45, 7) is 3.89. The number of aryl methyl sites for hydroxylation is 1. The third-order valence-electron chi connectivity index (χ3n) is 4.36. The zero-order valence-corrected chi connectivity index (χ0v) is 14.8. The normalized spacial score (nSPS) is 21.5. The summed E-state index contributed by atoms with van der Waals surface area (Å²) in [6, 6.07) is 8.20. The Morgan fingerprint density at radius 2 is 2.26 bits per heavy atom. The minimum absolute atomic E-state index is 0. The summed E-state index contributed by atoms with van der Waals surface area (Å²) in [5, 5.41) is 2.98. The Labute approximate surface area is 145 Å². The van der Waals surface area contributed by atoms with Crippen LogP contribution in [0.3, 0.4) is 0 Å². The number of methoxy groups -OCH3 is 1. The van der Waals surface area contributed by atoms with Crippen molar-refractivity contribution in [1.82, 2.24) is 4.90 Å². The van der Waals surface area contributed by atoms with Crippen LogP contribution in [-0.4, -0.2) is 49.7 Å². The zero-order valence-electron chi connectivity index (χ0n) is 14.0. The number of carbonyl (C=O) groups is 1. The lowest BCUT2D eigenvalue weighted by molar-refractivity contribution is -0.118. The second-order valence-electron chi connectivity index (χ2n) is 5.84. The highest BCUT2D eigenvalue weighted by Crippen LogP contribution is 2.19. The molecule has 1 saturated heterocycles. The molecule has 0 saturated carbocycles. The van der Waals surface area contributed by atoms with E-state index in [-0.39, 0.29) is 30.5 Å². The SMILES string of the molecule is CCc1cccc(NC(=O)CN2CCC(OC)CC2CN)c1.Cl. The highest BCUT2D eigenvalue weighted by molar-refractivity contribution is 5.92. The predicted octanol–water partition coefficient (Wildman–Crippen LogP) is 2.05. The number of carbonyl (C=O) groups excluding carboxylic acids is 1. The third kappa shape index (κ3) is 5.77. The number of rotatable bonds is 6. The number of nitrogens with two attached hydrogens (primary N) is 1. The predicted molar refractivity (Wildman–Crippen MR) is 96.1 cm³/mol. The quantitative estimate of drug-likeness (QED) is 0.831. The number of halogens is 1. The summed E-state index contributed by atoms with van der Waals surface area (Å²) in [5.41, 5.74) is 7.93. The molecule has 0 spiro atoms. The van der Waals surface area contributed by atoms with Gasteiger partial charge in [0.25, 0.3) is 0 Å². The van der Waals surface area contributed by atoms with Gasteiger partial charge in [-0.15, -0.1) is 12.4 Å². The van der Waals surface area contributed by atoms with E-state index in [1.165, 1.54) is 5.56 Å². The van der Waals surface area contributed by atoms with Gasteiger partial charge in [-0.3, -0.25) is 9.69 Å². The summed E-state index contributed by atoms with van der Waals surface area (Å²) in [6.07, 6.45) is 3.06. The van der Waals surface area contributed by atoms with Crippen LogP contribution in [-0.2, 0) is 16.0 Å². The molecule has 1 heterocycles. The first-order valence-corrected chi connectivity index (χ1v) is 8.02. The summed E-state index contributed by atoms with van der Waals surface area (Å²) in [7, 11) is 1.74. The van der Waals surface area contributed by atoms with Crippen molar-refractivity contribution in [2.45, 2.75) is 38.3 Å². The summed E-state index contributed by atoms with van der Waals surface area (Å²) >= 11 is 0. The summed E-state index contributed by atoms with van der Waals surface area (Å²) in [4.78, 5) is 14.4. The van der Waals surface area contributed by atoms with Crippen LogP contribution in [0.1, 0.15) is 25.3 Å². The molecule has 2 unspecified atom stereocenters. The van der Waals surface area contributed by atoms with E-state index in [0.717, 1.165) is 31.5 Å². The van der Waals surface area contributed by atoms with E-state index in [9.17, 15) is 4.79 Å². The van der Waals surface area contributed by atoms with Crippen molar-refractivity contribution in [2.24, 2.45) is 5.73 Å². The molecule has 1 amide bonds. The molecule has 23 heavy (non-hydrogen) atoms. The van der Waals surface area contributed by atoms with Crippen LogP contribution in [0.4, 0.5) is 5.69 Å². The molecule has 1 aromatic rings. The molecule has 0 bridgehead atoms. The van der Waals surface area contributed by atoms with Gasteiger partial charge in [-0.2, -0.15) is 0 Å². The van der Waals surface area contributed by atoms with E-state index in [4.69, 9.17) is 10.5 Å². The first-order chi connectivity index (χ1) is 10.7. The number of amides is 1. The molecule has 2 rings (SSSR count). The lowest BCUT2D eigenvalue weighted by Gasteiger charge is -2.37. The Kier molecular flexibility index (Phi) is 8.55. The van der Waals surface area contributed by atoms with Gasteiger partial charge in [0.1, 0.15) is 0 Å². The lowest BCUT2D eigenvalue weighted by atomic mass is 9.99. The number of benzene rings is 1. The Balaban J connectivity index is 0.00000264. The first-order valence-electron chi connectivity index (χ1n) is 8.02. The molecule has 1 aromatic carbocycles. The molecule has 0 radical (unpaired) electrons. The molecule has 5 nitrogen and oxygen atoms in total.